The van der Waals surface area contributed by atoms with Crippen LogP contribution in [-0.2, 0) is 11.4 Å². The Hall–Kier alpha value is -4.59. The Kier molecular flexibility index (Phi) is 6.64. The van der Waals surface area contributed by atoms with Gasteiger partial charge >= 0.3 is 0 Å². The summed E-state index contributed by atoms with van der Waals surface area (Å²) in [4.78, 5) is 17.9. The van der Waals surface area contributed by atoms with Gasteiger partial charge in [0.1, 0.15) is 19.0 Å². The number of carbonyl (C=O) groups excluding carboxylic acids is 1. The summed E-state index contributed by atoms with van der Waals surface area (Å²) in [5, 5.41) is 10.7. The quantitative estimate of drug-likeness (QED) is 0.356. The molecule has 1 aliphatic rings. The molecule has 3 aromatic carbocycles. The molecule has 0 aliphatic carbocycles. The molecule has 8 heteroatoms. The summed E-state index contributed by atoms with van der Waals surface area (Å²) in [7, 11) is 1.61. The molecule has 4 aromatic rings. The molecule has 0 saturated carbocycles. The van der Waals surface area contributed by atoms with E-state index < -0.39 is 6.04 Å². The summed E-state index contributed by atoms with van der Waals surface area (Å²) >= 11 is 0. The monoisotopic (exact) mass is 495 g/mol. The molecule has 1 amide bonds. The van der Waals surface area contributed by atoms with Gasteiger partial charge in [-0.25, -0.2) is 4.68 Å². The average molecular weight is 496 g/mol. The zero-order chi connectivity index (χ0) is 25.9. The predicted octanol–water partition coefficient (Wildman–Crippen LogP) is 5.41. The molecule has 1 aromatic heterocycles. The number of methoxy groups -OCH3 is 1. The molecular formula is C29H29N5O3. The van der Waals surface area contributed by atoms with Crippen LogP contribution in [0.15, 0.2) is 84.3 Å². The Morgan fingerprint density at radius 1 is 1.03 bits per heavy atom. The molecule has 0 fully saturated rings. The average Bonchev–Trinajstić information content (AvgIpc) is 3.37. The van der Waals surface area contributed by atoms with Crippen molar-refractivity contribution in [1.29, 1.82) is 0 Å². The standard InChI is InChI=1S/C29H29N5O3/c1-18-9-11-21(12-10-18)16-37-24-14-13-22(15-25(24)36-4)27-26(20(3)32-29-30-17-31-34(27)29)28(35)33-23-8-6-5-7-19(23)2/h5-15,17,27H,16H2,1-4H3,(H,33,35)(H,30,31,32). The van der Waals surface area contributed by atoms with E-state index in [1.165, 1.54) is 11.9 Å². The van der Waals surface area contributed by atoms with Gasteiger partial charge in [-0.05, 0) is 55.7 Å². The molecule has 0 bridgehead atoms. The van der Waals surface area contributed by atoms with Crippen molar-refractivity contribution >= 4 is 17.5 Å². The van der Waals surface area contributed by atoms with Gasteiger partial charge in [0.2, 0.25) is 5.95 Å². The normalized spacial score (nSPS) is 14.5. The van der Waals surface area contributed by atoms with E-state index in [9.17, 15) is 4.79 Å². The number of fused-ring (bicyclic) bond motifs is 1. The fourth-order valence-electron chi connectivity index (χ4n) is 4.41. The van der Waals surface area contributed by atoms with Gasteiger partial charge in [0.15, 0.2) is 11.5 Å². The number of ether oxygens (including phenoxy) is 2. The van der Waals surface area contributed by atoms with Crippen molar-refractivity contribution < 1.29 is 14.3 Å². The number of nitrogens with zero attached hydrogens (tertiary/aromatic N) is 3. The minimum Gasteiger partial charge on any atom is -0.493 e. The number of allylic oxidation sites excluding steroid dienone is 1. The number of carbonyl (C=O) groups is 1. The highest BCUT2D eigenvalue weighted by molar-refractivity contribution is 6.06. The lowest BCUT2D eigenvalue weighted by Crippen LogP contribution is -2.31. The van der Waals surface area contributed by atoms with Crippen LogP contribution >= 0.6 is 0 Å². The highest BCUT2D eigenvalue weighted by atomic mass is 16.5. The summed E-state index contributed by atoms with van der Waals surface area (Å²) in [6.07, 6.45) is 1.47. The van der Waals surface area contributed by atoms with E-state index in [-0.39, 0.29) is 5.91 Å². The summed E-state index contributed by atoms with van der Waals surface area (Å²) in [5.74, 6) is 1.53. The third-order valence-corrected chi connectivity index (χ3v) is 6.45. The lowest BCUT2D eigenvalue weighted by molar-refractivity contribution is -0.113. The largest absolute Gasteiger partial charge is 0.493 e. The molecule has 188 valence electrons. The Morgan fingerprint density at radius 3 is 2.57 bits per heavy atom. The Labute approximate surface area is 216 Å². The van der Waals surface area contributed by atoms with E-state index in [4.69, 9.17) is 9.47 Å². The lowest BCUT2D eigenvalue weighted by atomic mass is 9.94. The van der Waals surface area contributed by atoms with Crippen LogP contribution in [-0.4, -0.2) is 27.8 Å². The number of amides is 1. The Balaban J connectivity index is 1.47. The molecule has 5 rings (SSSR count). The van der Waals surface area contributed by atoms with Crippen molar-refractivity contribution in [1.82, 2.24) is 14.8 Å². The molecule has 1 aliphatic heterocycles. The number of aromatic nitrogens is 3. The molecule has 1 atom stereocenters. The van der Waals surface area contributed by atoms with Gasteiger partial charge in [0, 0.05) is 11.4 Å². The zero-order valence-electron chi connectivity index (χ0n) is 21.3. The first kappa shape index (κ1) is 24.1. The van der Waals surface area contributed by atoms with Gasteiger partial charge < -0.3 is 20.1 Å². The second-order valence-corrected chi connectivity index (χ2v) is 9.05. The highest BCUT2D eigenvalue weighted by Crippen LogP contribution is 2.39. The van der Waals surface area contributed by atoms with E-state index in [0.29, 0.717) is 35.3 Å². The summed E-state index contributed by atoms with van der Waals surface area (Å²) in [6.45, 7) is 6.30. The zero-order valence-corrected chi connectivity index (χ0v) is 21.3. The Bertz CT molecular complexity index is 1470. The number of aryl methyl sites for hydroxylation is 2. The van der Waals surface area contributed by atoms with Crippen LogP contribution in [0, 0.1) is 13.8 Å². The first-order valence-corrected chi connectivity index (χ1v) is 12.0. The molecular weight excluding hydrogens is 466 g/mol. The molecule has 0 spiro atoms. The predicted molar refractivity (Wildman–Crippen MR) is 143 cm³/mol. The van der Waals surface area contributed by atoms with E-state index in [1.807, 2.05) is 68.4 Å². The van der Waals surface area contributed by atoms with Crippen molar-refractivity contribution in [2.75, 3.05) is 17.7 Å². The van der Waals surface area contributed by atoms with Gasteiger partial charge in [-0.3, -0.25) is 4.79 Å². The number of rotatable bonds is 7. The molecule has 1 unspecified atom stereocenters. The van der Waals surface area contributed by atoms with E-state index in [0.717, 1.165) is 22.4 Å². The number of benzene rings is 3. The first-order valence-electron chi connectivity index (χ1n) is 12.0. The fraction of sp³-hybridized carbons (Fsp3) is 0.207. The topological polar surface area (TPSA) is 90.3 Å². The number of hydrogen-bond donors (Lipinski definition) is 2. The second-order valence-electron chi connectivity index (χ2n) is 9.05. The Morgan fingerprint density at radius 2 is 1.81 bits per heavy atom. The van der Waals surface area contributed by atoms with E-state index >= 15 is 0 Å². The minimum absolute atomic E-state index is 0.218. The number of hydrogen-bond acceptors (Lipinski definition) is 6. The van der Waals surface area contributed by atoms with Gasteiger partial charge in [-0.15, -0.1) is 0 Å². The number of anilines is 2. The molecule has 2 heterocycles. The fourth-order valence-corrected chi connectivity index (χ4v) is 4.41. The highest BCUT2D eigenvalue weighted by Gasteiger charge is 2.34. The van der Waals surface area contributed by atoms with Crippen molar-refractivity contribution in [3.05, 3.63) is 107 Å². The van der Waals surface area contributed by atoms with E-state index in [2.05, 4.69) is 39.8 Å². The maximum absolute atomic E-state index is 13.6. The van der Waals surface area contributed by atoms with Crippen molar-refractivity contribution in [2.24, 2.45) is 0 Å². The third kappa shape index (κ3) is 4.91. The molecule has 0 saturated heterocycles. The van der Waals surface area contributed by atoms with E-state index in [1.54, 1.807) is 11.8 Å². The maximum atomic E-state index is 13.6. The van der Waals surface area contributed by atoms with Crippen LogP contribution < -0.4 is 20.1 Å². The van der Waals surface area contributed by atoms with Crippen LogP contribution in [0.3, 0.4) is 0 Å². The van der Waals surface area contributed by atoms with Crippen LogP contribution in [0.4, 0.5) is 11.6 Å². The van der Waals surface area contributed by atoms with Crippen molar-refractivity contribution in [2.45, 2.75) is 33.4 Å². The van der Waals surface area contributed by atoms with Gasteiger partial charge in [0.25, 0.3) is 5.91 Å². The second kappa shape index (κ2) is 10.2. The van der Waals surface area contributed by atoms with Gasteiger partial charge in [-0.1, -0.05) is 54.1 Å². The van der Waals surface area contributed by atoms with Crippen LogP contribution in [0.1, 0.15) is 35.2 Å². The van der Waals surface area contributed by atoms with Crippen molar-refractivity contribution in [3.63, 3.8) is 0 Å². The van der Waals surface area contributed by atoms with Crippen LogP contribution in [0.25, 0.3) is 0 Å². The summed E-state index contributed by atoms with van der Waals surface area (Å²) in [5.41, 5.74) is 6.07. The van der Waals surface area contributed by atoms with Crippen LogP contribution in [0.2, 0.25) is 0 Å². The number of nitrogens with one attached hydrogen (secondary N) is 2. The third-order valence-electron chi connectivity index (χ3n) is 6.45. The van der Waals surface area contributed by atoms with Crippen LogP contribution in [0.5, 0.6) is 11.5 Å². The first-order chi connectivity index (χ1) is 17.9. The lowest BCUT2D eigenvalue weighted by Gasteiger charge is -2.29. The van der Waals surface area contributed by atoms with Gasteiger partial charge in [0.05, 0.1) is 12.7 Å². The molecule has 0 radical (unpaired) electrons. The molecule has 2 N–H and O–H groups in total. The molecule has 37 heavy (non-hydrogen) atoms. The SMILES string of the molecule is COc1cc(C2C(C(=O)Nc3ccccc3C)=C(C)Nc3ncnn32)ccc1OCc1ccc(C)cc1. The smallest absolute Gasteiger partial charge is 0.255 e. The minimum atomic E-state index is -0.511. The van der Waals surface area contributed by atoms with Crippen molar-refractivity contribution in [3.8, 4) is 11.5 Å². The maximum Gasteiger partial charge on any atom is 0.255 e. The molecule has 8 nitrogen and oxygen atoms in total. The van der Waals surface area contributed by atoms with Gasteiger partial charge in [-0.2, -0.15) is 10.1 Å². The summed E-state index contributed by atoms with van der Waals surface area (Å²) in [6, 6.07) is 21.1. The number of para-hydroxylation sites is 1. The summed E-state index contributed by atoms with van der Waals surface area (Å²) < 4.78 is 13.5.